The van der Waals surface area contributed by atoms with Gasteiger partial charge in [0, 0.05) is 18.0 Å². The molecule has 0 fully saturated rings. The van der Waals surface area contributed by atoms with E-state index in [1.807, 2.05) is 48.5 Å². The number of rotatable bonds is 6. The second kappa shape index (κ2) is 7.98. The SMILES string of the molecule is COC(=O)CC(CNC(=O)c1ccccc1)c1ccccc1. The van der Waals surface area contributed by atoms with Gasteiger partial charge in [-0.15, -0.1) is 0 Å². The molecule has 22 heavy (non-hydrogen) atoms. The Morgan fingerprint density at radius 3 is 2.18 bits per heavy atom. The first-order valence-electron chi connectivity index (χ1n) is 7.15. The average molecular weight is 297 g/mol. The first-order chi connectivity index (χ1) is 10.7. The Bertz CT molecular complexity index is 611. The smallest absolute Gasteiger partial charge is 0.306 e. The van der Waals surface area contributed by atoms with Crippen LogP contribution in [0, 0.1) is 0 Å². The number of benzene rings is 2. The lowest BCUT2D eigenvalue weighted by atomic mass is 9.95. The van der Waals surface area contributed by atoms with Gasteiger partial charge in [0.05, 0.1) is 13.5 Å². The molecule has 114 valence electrons. The average Bonchev–Trinajstić information content (AvgIpc) is 2.59. The summed E-state index contributed by atoms with van der Waals surface area (Å²) >= 11 is 0. The Balaban J connectivity index is 2.04. The third kappa shape index (κ3) is 4.45. The van der Waals surface area contributed by atoms with Crippen LogP contribution in [0.1, 0.15) is 28.3 Å². The first-order valence-corrected chi connectivity index (χ1v) is 7.15. The fraction of sp³-hybridized carbons (Fsp3) is 0.222. The van der Waals surface area contributed by atoms with Crippen LogP contribution in [-0.4, -0.2) is 25.5 Å². The summed E-state index contributed by atoms with van der Waals surface area (Å²) in [7, 11) is 1.37. The lowest BCUT2D eigenvalue weighted by Gasteiger charge is -2.17. The molecule has 1 atom stereocenters. The highest BCUT2D eigenvalue weighted by Crippen LogP contribution is 2.19. The van der Waals surface area contributed by atoms with E-state index in [0.29, 0.717) is 12.1 Å². The number of ether oxygens (including phenoxy) is 1. The second-order valence-electron chi connectivity index (χ2n) is 4.96. The normalized spacial score (nSPS) is 11.5. The first kappa shape index (κ1) is 15.8. The number of hydrogen-bond donors (Lipinski definition) is 1. The van der Waals surface area contributed by atoms with Gasteiger partial charge in [0.15, 0.2) is 0 Å². The van der Waals surface area contributed by atoms with Crippen LogP contribution >= 0.6 is 0 Å². The molecule has 0 bridgehead atoms. The molecule has 2 aromatic rings. The van der Waals surface area contributed by atoms with Crippen LogP contribution in [0.5, 0.6) is 0 Å². The lowest BCUT2D eigenvalue weighted by Crippen LogP contribution is -2.29. The fourth-order valence-corrected chi connectivity index (χ4v) is 2.23. The van der Waals surface area contributed by atoms with E-state index in [0.717, 1.165) is 5.56 Å². The highest BCUT2D eigenvalue weighted by Gasteiger charge is 2.17. The van der Waals surface area contributed by atoms with Crippen LogP contribution in [0.4, 0.5) is 0 Å². The van der Waals surface area contributed by atoms with Gasteiger partial charge >= 0.3 is 5.97 Å². The summed E-state index contributed by atoms with van der Waals surface area (Å²) in [5.41, 5.74) is 1.61. The summed E-state index contributed by atoms with van der Waals surface area (Å²) in [6, 6.07) is 18.7. The van der Waals surface area contributed by atoms with E-state index in [-0.39, 0.29) is 24.2 Å². The minimum Gasteiger partial charge on any atom is -0.469 e. The Morgan fingerprint density at radius 2 is 1.59 bits per heavy atom. The topological polar surface area (TPSA) is 55.4 Å². The van der Waals surface area contributed by atoms with E-state index in [9.17, 15) is 9.59 Å². The number of carbonyl (C=O) groups excluding carboxylic acids is 2. The van der Waals surface area contributed by atoms with E-state index in [4.69, 9.17) is 4.74 Å². The number of methoxy groups -OCH3 is 1. The predicted octanol–water partition coefficient (Wildman–Crippen LogP) is 2.76. The largest absolute Gasteiger partial charge is 0.469 e. The van der Waals surface area contributed by atoms with E-state index in [1.165, 1.54) is 7.11 Å². The molecular formula is C18H19NO3. The molecule has 1 N–H and O–H groups in total. The third-order valence-corrected chi connectivity index (χ3v) is 3.46. The molecule has 0 aliphatic rings. The summed E-state index contributed by atoms with van der Waals surface area (Å²) in [5, 5.41) is 2.88. The molecule has 0 saturated carbocycles. The Hall–Kier alpha value is -2.62. The van der Waals surface area contributed by atoms with E-state index in [1.54, 1.807) is 12.1 Å². The predicted molar refractivity (Wildman–Crippen MR) is 84.6 cm³/mol. The Morgan fingerprint density at radius 1 is 1.00 bits per heavy atom. The van der Waals surface area contributed by atoms with Gasteiger partial charge in [-0.05, 0) is 17.7 Å². The number of amides is 1. The van der Waals surface area contributed by atoms with Crippen molar-refractivity contribution in [3.8, 4) is 0 Å². The van der Waals surface area contributed by atoms with Gasteiger partial charge in [0.2, 0.25) is 0 Å². The van der Waals surface area contributed by atoms with Crippen molar-refractivity contribution in [3.05, 3.63) is 71.8 Å². The molecule has 2 aromatic carbocycles. The maximum absolute atomic E-state index is 12.1. The summed E-state index contributed by atoms with van der Waals surface area (Å²) in [4.78, 5) is 23.7. The summed E-state index contributed by atoms with van der Waals surface area (Å²) in [5.74, 6) is -0.546. The molecule has 4 nitrogen and oxygen atoms in total. The lowest BCUT2D eigenvalue weighted by molar-refractivity contribution is -0.141. The molecule has 0 spiro atoms. The summed E-state index contributed by atoms with van der Waals surface area (Å²) < 4.78 is 4.74. The molecule has 0 aliphatic carbocycles. The minimum absolute atomic E-state index is 0.110. The van der Waals surface area contributed by atoms with Gasteiger partial charge in [0.1, 0.15) is 0 Å². The molecule has 0 saturated heterocycles. The van der Waals surface area contributed by atoms with Crippen LogP contribution < -0.4 is 5.32 Å². The highest BCUT2D eigenvalue weighted by atomic mass is 16.5. The van der Waals surface area contributed by atoms with E-state index >= 15 is 0 Å². The monoisotopic (exact) mass is 297 g/mol. The number of hydrogen-bond acceptors (Lipinski definition) is 3. The zero-order chi connectivity index (χ0) is 15.8. The minimum atomic E-state index is -0.289. The number of nitrogens with one attached hydrogen (secondary N) is 1. The van der Waals surface area contributed by atoms with Crippen molar-refractivity contribution in [1.82, 2.24) is 5.32 Å². The standard InChI is InChI=1S/C18H19NO3/c1-22-17(20)12-16(14-8-4-2-5-9-14)13-19-18(21)15-10-6-3-7-11-15/h2-11,16H,12-13H2,1H3,(H,19,21). The van der Waals surface area contributed by atoms with Crippen molar-refractivity contribution in [2.75, 3.05) is 13.7 Å². The van der Waals surface area contributed by atoms with Crippen LogP contribution in [0.15, 0.2) is 60.7 Å². The van der Waals surface area contributed by atoms with Gasteiger partial charge in [-0.3, -0.25) is 9.59 Å². The van der Waals surface area contributed by atoms with Crippen molar-refractivity contribution in [2.45, 2.75) is 12.3 Å². The van der Waals surface area contributed by atoms with Crippen LogP contribution in [0.2, 0.25) is 0 Å². The molecule has 1 unspecified atom stereocenters. The second-order valence-corrected chi connectivity index (χ2v) is 4.96. The van der Waals surface area contributed by atoms with Gasteiger partial charge in [-0.25, -0.2) is 0 Å². The van der Waals surface area contributed by atoms with Gasteiger partial charge in [-0.2, -0.15) is 0 Å². The Labute approximate surface area is 130 Å². The molecule has 0 heterocycles. The van der Waals surface area contributed by atoms with E-state index in [2.05, 4.69) is 5.32 Å². The van der Waals surface area contributed by atoms with Gasteiger partial charge < -0.3 is 10.1 Å². The third-order valence-electron chi connectivity index (χ3n) is 3.46. The zero-order valence-electron chi connectivity index (χ0n) is 12.5. The van der Waals surface area contributed by atoms with Crippen LogP contribution in [0.25, 0.3) is 0 Å². The Kier molecular flexibility index (Phi) is 5.72. The molecule has 0 aromatic heterocycles. The molecule has 0 radical (unpaired) electrons. The number of esters is 1. The summed E-state index contributed by atoms with van der Waals surface area (Å²) in [6.07, 6.45) is 0.232. The van der Waals surface area contributed by atoms with Crippen molar-refractivity contribution < 1.29 is 14.3 Å². The maximum Gasteiger partial charge on any atom is 0.306 e. The van der Waals surface area contributed by atoms with Gasteiger partial charge in [-0.1, -0.05) is 48.5 Å². The van der Waals surface area contributed by atoms with Crippen molar-refractivity contribution >= 4 is 11.9 Å². The maximum atomic E-state index is 12.1. The summed E-state index contributed by atoms with van der Waals surface area (Å²) in [6.45, 7) is 0.382. The highest BCUT2D eigenvalue weighted by molar-refractivity contribution is 5.94. The molecule has 1 amide bonds. The quantitative estimate of drug-likeness (QED) is 0.834. The van der Waals surface area contributed by atoms with Crippen molar-refractivity contribution in [2.24, 2.45) is 0 Å². The van der Waals surface area contributed by atoms with Crippen molar-refractivity contribution in [3.63, 3.8) is 0 Å². The zero-order valence-corrected chi connectivity index (χ0v) is 12.5. The molecular weight excluding hydrogens is 278 g/mol. The fourth-order valence-electron chi connectivity index (χ4n) is 2.23. The molecule has 0 aliphatic heterocycles. The van der Waals surface area contributed by atoms with Gasteiger partial charge in [0.25, 0.3) is 5.91 Å². The van der Waals surface area contributed by atoms with E-state index < -0.39 is 0 Å². The van der Waals surface area contributed by atoms with Crippen LogP contribution in [0.3, 0.4) is 0 Å². The number of carbonyl (C=O) groups is 2. The molecule has 2 rings (SSSR count). The van der Waals surface area contributed by atoms with Crippen molar-refractivity contribution in [1.29, 1.82) is 0 Å². The van der Waals surface area contributed by atoms with Crippen LogP contribution in [-0.2, 0) is 9.53 Å². The molecule has 4 heteroatoms.